The van der Waals surface area contributed by atoms with Gasteiger partial charge in [-0.3, -0.25) is 0 Å². The predicted molar refractivity (Wildman–Crippen MR) is 68.3 cm³/mol. The second-order valence-electron chi connectivity index (χ2n) is 3.99. The van der Waals surface area contributed by atoms with Crippen molar-refractivity contribution in [2.45, 2.75) is 39.0 Å². The van der Waals surface area contributed by atoms with Gasteiger partial charge in [0.25, 0.3) is 0 Å². The highest BCUT2D eigenvalue weighted by atomic mass is 79.9. The van der Waals surface area contributed by atoms with E-state index in [9.17, 15) is 0 Å². The van der Waals surface area contributed by atoms with Gasteiger partial charge in [-0.25, -0.2) is 0 Å². The van der Waals surface area contributed by atoms with E-state index in [1.54, 1.807) is 0 Å². The molecule has 0 bridgehead atoms. The first-order chi connectivity index (χ1) is 7.19. The Morgan fingerprint density at radius 1 is 1.40 bits per heavy atom. The van der Waals surface area contributed by atoms with E-state index in [-0.39, 0.29) is 6.61 Å². The Morgan fingerprint density at radius 2 is 2.13 bits per heavy atom. The van der Waals surface area contributed by atoms with Crippen LogP contribution in [-0.4, -0.2) is 11.7 Å². The van der Waals surface area contributed by atoms with Crippen LogP contribution in [0.3, 0.4) is 0 Å². The lowest BCUT2D eigenvalue weighted by molar-refractivity contribution is 0.288. The molecule has 0 aliphatic rings. The Morgan fingerprint density at radius 3 is 2.67 bits per heavy atom. The number of benzene rings is 1. The summed E-state index contributed by atoms with van der Waals surface area (Å²) in [6.45, 7) is 4.72. The van der Waals surface area contributed by atoms with E-state index in [0.29, 0.717) is 5.92 Å². The third-order valence-corrected chi connectivity index (χ3v) is 3.52. The van der Waals surface area contributed by atoms with E-state index < -0.39 is 0 Å². The molecule has 0 aliphatic carbocycles. The van der Waals surface area contributed by atoms with E-state index in [1.807, 2.05) is 0 Å². The smallest absolute Gasteiger partial charge is 0.0434 e. The van der Waals surface area contributed by atoms with Crippen molar-refractivity contribution >= 4 is 15.9 Å². The highest BCUT2D eigenvalue weighted by Crippen LogP contribution is 2.28. The van der Waals surface area contributed by atoms with Gasteiger partial charge >= 0.3 is 0 Å². The molecule has 1 nitrogen and oxygen atoms in total. The topological polar surface area (TPSA) is 20.2 Å². The third-order valence-electron chi connectivity index (χ3n) is 2.83. The van der Waals surface area contributed by atoms with Crippen molar-refractivity contribution in [3.63, 3.8) is 0 Å². The maximum atomic E-state index is 8.77. The number of hydrogen-bond donors (Lipinski definition) is 1. The van der Waals surface area contributed by atoms with Gasteiger partial charge in [-0.15, -0.1) is 0 Å². The summed E-state index contributed by atoms with van der Waals surface area (Å²) < 4.78 is 1.20. The molecule has 1 unspecified atom stereocenters. The van der Waals surface area contributed by atoms with Gasteiger partial charge in [0.15, 0.2) is 0 Å². The molecule has 0 aliphatic heterocycles. The zero-order valence-electron chi connectivity index (χ0n) is 9.46. The Kier molecular flexibility index (Phi) is 5.34. The Hall–Kier alpha value is -0.340. The number of halogens is 1. The molecule has 2 heteroatoms. The molecule has 0 saturated heterocycles. The fraction of sp³-hybridized carbons (Fsp3) is 0.538. The summed E-state index contributed by atoms with van der Waals surface area (Å²) in [5.74, 6) is 0.603. The summed E-state index contributed by atoms with van der Waals surface area (Å²) >= 11 is 3.62. The average Bonchev–Trinajstić information content (AvgIpc) is 2.25. The lowest BCUT2D eigenvalue weighted by atomic mass is 9.97. The zero-order valence-corrected chi connectivity index (χ0v) is 11.0. The standard InChI is InChI=1S/C13H19BrO/c1-3-10(2)12-7-6-11(5-4-8-15)9-13(12)14/h6-7,9-10,15H,3-5,8H2,1-2H3. The number of aryl methyl sites for hydroxylation is 1. The lowest BCUT2D eigenvalue weighted by Crippen LogP contribution is -1.95. The molecular formula is C13H19BrO. The summed E-state index contributed by atoms with van der Waals surface area (Å²) in [4.78, 5) is 0. The lowest BCUT2D eigenvalue weighted by Gasteiger charge is -2.12. The van der Waals surface area contributed by atoms with Crippen molar-refractivity contribution in [3.8, 4) is 0 Å². The predicted octanol–water partition coefficient (Wildman–Crippen LogP) is 3.89. The molecule has 1 atom stereocenters. The van der Waals surface area contributed by atoms with Gasteiger partial charge in [-0.1, -0.05) is 41.9 Å². The van der Waals surface area contributed by atoms with Crippen LogP contribution in [0.2, 0.25) is 0 Å². The van der Waals surface area contributed by atoms with Crippen LogP contribution in [0.1, 0.15) is 43.7 Å². The molecule has 0 radical (unpaired) electrons. The van der Waals surface area contributed by atoms with E-state index in [1.165, 1.54) is 15.6 Å². The summed E-state index contributed by atoms with van der Waals surface area (Å²) in [5.41, 5.74) is 2.67. The van der Waals surface area contributed by atoms with Crippen molar-refractivity contribution in [2.24, 2.45) is 0 Å². The first kappa shape index (κ1) is 12.7. The highest BCUT2D eigenvalue weighted by Gasteiger charge is 2.07. The first-order valence-corrected chi connectivity index (χ1v) is 6.37. The molecule has 0 fully saturated rings. The van der Waals surface area contributed by atoms with Gasteiger partial charge in [0, 0.05) is 11.1 Å². The van der Waals surface area contributed by atoms with Gasteiger partial charge in [0.05, 0.1) is 0 Å². The van der Waals surface area contributed by atoms with E-state index in [2.05, 4.69) is 48.0 Å². The highest BCUT2D eigenvalue weighted by molar-refractivity contribution is 9.10. The fourth-order valence-corrected chi connectivity index (χ4v) is 2.45. The average molecular weight is 271 g/mol. The van der Waals surface area contributed by atoms with Crippen LogP contribution in [0.15, 0.2) is 22.7 Å². The maximum absolute atomic E-state index is 8.77. The second-order valence-corrected chi connectivity index (χ2v) is 4.85. The van der Waals surface area contributed by atoms with Crippen molar-refractivity contribution in [2.75, 3.05) is 6.61 Å². The molecule has 1 aromatic carbocycles. The fourth-order valence-electron chi connectivity index (χ4n) is 1.63. The number of aliphatic hydroxyl groups is 1. The number of hydrogen-bond acceptors (Lipinski definition) is 1. The van der Waals surface area contributed by atoms with E-state index >= 15 is 0 Å². The molecule has 0 heterocycles. The molecule has 0 amide bonds. The van der Waals surface area contributed by atoms with Crippen LogP contribution in [0, 0.1) is 0 Å². The number of aliphatic hydroxyl groups excluding tert-OH is 1. The van der Waals surface area contributed by atoms with E-state index in [4.69, 9.17) is 5.11 Å². The SMILES string of the molecule is CCC(C)c1ccc(CCCO)cc1Br. The normalized spacial score (nSPS) is 12.8. The second kappa shape index (κ2) is 6.29. The first-order valence-electron chi connectivity index (χ1n) is 5.58. The molecule has 0 spiro atoms. The molecule has 0 saturated carbocycles. The Bertz CT molecular complexity index is 309. The molecule has 1 N–H and O–H groups in total. The quantitative estimate of drug-likeness (QED) is 0.861. The summed E-state index contributed by atoms with van der Waals surface area (Å²) in [6, 6.07) is 6.55. The van der Waals surface area contributed by atoms with Crippen molar-refractivity contribution in [1.82, 2.24) is 0 Å². The van der Waals surface area contributed by atoms with Gasteiger partial charge < -0.3 is 5.11 Å². The van der Waals surface area contributed by atoms with Gasteiger partial charge in [-0.05, 0) is 42.4 Å². The molecule has 0 aromatic heterocycles. The van der Waals surface area contributed by atoms with Crippen LogP contribution in [0.5, 0.6) is 0 Å². The molecular weight excluding hydrogens is 252 g/mol. The van der Waals surface area contributed by atoms with Crippen LogP contribution in [0.4, 0.5) is 0 Å². The molecule has 1 aromatic rings. The minimum atomic E-state index is 0.269. The summed E-state index contributed by atoms with van der Waals surface area (Å²) in [5, 5.41) is 8.77. The Labute approximate surface area is 101 Å². The molecule has 15 heavy (non-hydrogen) atoms. The van der Waals surface area contributed by atoms with Crippen LogP contribution < -0.4 is 0 Å². The summed E-state index contributed by atoms with van der Waals surface area (Å²) in [7, 11) is 0. The van der Waals surface area contributed by atoms with Gasteiger partial charge in [0.2, 0.25) is 0 Å². The number of rotatable bonds is 5. The minimum absolute atomic E-state index is 0.269. The third kappa shape index (κ3) is 3.62. The van der Waals surface area contributed by atoms with Crippen LogP contribution in [0.25, 0.3) is 0 Å². The maximum Gasteiger partial charge on any atom is 0.0434 e. The van der Waals surface area contributed by atoms with Crippen LogP contribution in [-0.2, 0) is 6.42 Å². The molecule has 84 valence electrons. The van der Waals surface area contributed by atoms with Gasteiger partial charge in [-0.2, -0.15) is 0 Å². The van der Waals surface area contributed by atoms with Crippen molar-refractivity contribution in [3.05, 3.63) is 33.8 Å². The largest absolute Gasteiger partial charge is 0.396 e. The van der Waals surface area contributed by atoms with Crippen LogP contribution >= 0.6 is 15.9 Å². The Balaban J connectivity index is 2.78. The van der Waals surface area contributed by atoms with Gasteiger partial charge in [0.1, 0.15) is 0 Å². The van der Waals surface area contributed by atoms with Crippen molar-refractivity contribution < 1.29 is 5.11 Å². The minimum Gasteiger partial charge on any atom is -0.396 e. The van der Waals surface area contributed by atoms with Crippen molar-refractivity contribution in [1.29, 1.82) is 0 Å². The van der Waals surface area contributed by atoms with E-state index in [0.717, 1.165) is 19.3 Å². The summed E-state index contributed by atoms with van der Waals surface area (Å²) in [6.07, 6.45) is 2.96. The zero-order chi connectivity index (χ0) is 11.3. The molecule has 1 rings (SSSR count). The monoisotopic (exact) mass is 270 g/mol.